The molecule has 0 spiro atoms. The molecule has 2 nitrogen and oxygen atoms in total. The molecule has 1 aromatic heterocycles. The van der Waals surface area contributed by atoms with Gasteiger partial charge in [-0.2, -0.15) is 0 Å². The maximum absolute atomic E-state index is 5.94. The summed E-state index contributed by atoms with van der Waals surface area (Å²) >= 11 is 5.22. The van der Waals surface area contributed by atoms with Crippen LogP contribution in [0.2, 0.25) is 0 Å². The normalized spacial score (nSPS) is 13.5. The van der Waals surface area contributed by atoms with E-state index < -0.39 is 0 Å². The summed E-state index contributed by atoms with van der Waals surface area (Å²) in [6.07, 6.45) is 1.14. The molecule has 1 aromatic rings. The highest BCUT2D eigenvalue weighted by Gasteiger charge is 2.09. The van der Waals surface area contributed by atoms with E-state index in [-0.39, 0.29) is 12.1 Å². The van der Waals surface area contributed by atoms with Crippen molar-refractivity contribution in [2.75, 3.05) is 6.61 Å². The molecule has 0 aliphatic carbocycles. The van der Waals surface area contributed by atoms with Crippen molar-refractivity contribution < 1.29 is 4.74 Å². The van der Waals surface area contributed by atoms with Gasteiger partial charge in [0.05, 0.1) is 12.7 Å². The lowest BCUT2D eigenvalue weighted by Crippen LogP contribution is -2.29. The first-order valence-electron chi connectivity index (χ1n) is 4.68. The second-order valence-corrected chi connectivity index (χ2v) is 5.39. The maximum Gasteiger partial charge on any atom is 0.0624 e. The highest BCUT2D eigenvalue weighted by Crippen LogP contribution is 2.23. The van der Waals surface area contributed by atoms with Gasteiger partial charge in [-0.3, -0.25) is 0 Å². The van der Waals surface area contributed by atoms with E-state index >= 15 is 0 Å². The van der Waals surface area contributed by atoms with E-state index in [1.807, 2.05) is 13.8 Å². The first-order valence-corrected chi connectivity index (χ1v) is 6.36. The average Bonchev–Trinajstić information content (AvgIpc) is 2.49. The number of hydrogen-bond donors (Lipinski definition) is 1. The SMILES string of the molecule is CC(C)OCC(N)Cc1sccc1Br. The zero-order valence-corrected chi connectivity index (χ0v) is 10.9. The summed E-state index contributed by atoms with van der Waals surface area (Å²) in [6.45, 7) is 4.67. The van der Waals surface area contributed by atoms with Crippen LogP contribution < -0.4 is 5.73 Å². The van der Waals surface area contributed by atoms with Gasteiger partial charge in [0.15, 0.2) is 0 Å². The van der Waals surface area contributed by atoms with Crippen molar-refractivity contribution >= 4 is 27.3 Å². The molecule has 0 amide bonds. The Bertz CT molecular complexity index is 275. The Morgan fingerprint density at radius 1 is 1.57 bits per heavy atom. The molecule has 1 atom stereocenters. The van der Waals surface area contributed by atoms with Crippen molar-refractivity contribution in [1.29, 1.82) is 0 Å². The Balaban J connectivity index is 2.34. The Morgan fingerprint density at radius 2 is 2.29 bits per heavy atom. The fraction of sp³-hybridized carbons (Fsp3) is 0.600. The molecule has 80 valence electrons. The minimum absolute atomic E-state index is 0.0901. The van der Waals surface area contributed by atoms with E-state index in [0.717, 1.165) is 10.9 Å². The molecule has 4 heteroatoms. The predicted octanol–water partition coefficient (Wildman–Crippen LogP) is 2.81. The molecule has 2 N–H and O–H groups in total. The van der Waals surface area contributed by atoms with Crippen LogP contribution in [0.1, 0.15) is 18.7 Å². The van der Waals surface area contributed by atoms with Crippen LogP contribution in [0.3, 0.4) is 0 Å². The fourth-order valence-electron chi connectivity index (χ4n) is 1.08. The van der Waals surface area contributed by atoms with Crippen LogP contribution >= 0.6 is 27.3 Å². The number of halogens is 1. The third-order valence-electron chi connectivity index (χ3n) is 1.78. The van der Waals surface area contributed by atoms with Crippen molar-refractivity contribution in [1.82, 2.24) is 0 Å². The largest absolute Gasteiger partial charge is 0.377 e. The van der Waals surface area contributed by atoms with Crippen molar-refractivity contribution in [3.63, 3.8) is 0 Å². The maximum atomic E-state index is 5.94. The van der Waals surface area contributed by atoms with Gasteiger partial charge in [0.2, 0.25) is 0 Å². The number of thiophene rings is 1. The lowest BCUT2D eigenvalue weighted by atomic mass is 10.2. The Labute approximate surface area is 97.6 Å². The quantitative estimate of drug-likeness (QED) is 0.899. The monoisotopic (exact) mass is 277 g/mol. The summed E-state index contributed by atoms with van der Waals surface area (Å²) < 4.78 is 6.61. The van der Waals surface area contributed by atoms with Gasteiger partial charge in [-0.1, -0.05) is 0 Å². The molecule has 1 unspecified atom stereocenters. The molecule has 0 fully saturated rings. The summed E-state index contributed by atoms with van der Waals surface area (Å²) in [5.74, 6) is 0. The van der Waals surface area contributed by atoms with Crippen molar-refractivity contribution in [2.45, 2.75) is 32.4 Å². The van der Waals surface area contributed by atoms with Gasteiger partial charge in [0, 0.05) is 21.8 Å². The zero-order chi connectivity index (χ0) is 10.6. The molecule has 14 heavy (non-hydrogen) atoms. The first-order chi connectivity index (χ1) is 6.59. The number of rotatable bonds is 5. The Morgan fingerprint density at radius 3 is 2.79 bits per heavy atom. The molecule has 1 rings (SSSR count). The molecule has 0 aliphatic heterocycles. The summed E-state index contributed by atoms with van der Waals surface area (Å²) in [5.41, 5.74) is 5.94. The smallest absolute Gasteiger partial charge is 0.0624 e. The minimum atomic E-state index is 0.0901. The number of hydrogen-bond acceptors (Lipinski definition) is 3. The van der Waals surface area contributed by atoms with Gasteiger partial charge < -0.3 is 10.5 Å². The van der Waals surface area contributed by atoms with Gasteiger partial charge in [0.25, 0.3) is 0 Å². The van der Waals surface area contributed by atoms with Gasteiger partial charge >= 0.3 is 0 Å². The van der Waals surface area contributed by atoms with Crippen LogP contribution in [-0.2, 0) is 11.2 Å². The standard InChI is InChI=1S/C10H16BrNOS/c1-7(2)13-6-8(12)5-10-9(11)3-4-14-10/h3-4,7-8H,5-6,12H2,1-2H3. The van der Waals surface area contributed by atoms with Crippen molar-refractivity contribution in [3.05, 3.63) is 20.8 Å². The van der Waals surface area contributed by atoms with Crippen molar-refractivity contribution in [2.24, 2.45) is 5.73 Å². The predicted molar refractivity (Wildman–Crippen MR) is 64.8 cm³/mol. The van der Waals surface area contributed by atoms with E-state index in [2.05, 4.69) is 27.4 Å². The molecule has 0 aliphatic rings. The third kappa shape index (κ3) is 4.09. The summed E-state index contributed by atoms with van der Waals surface area (Å²) in [4.78, 5) is 1.30. The van der Waals surface area contributed by atoms with Crippen LogP contribution in [0.5, 0.6) is 0 Å². The second-order valence-electron chi connectivity index (χ2n) is 3.54. The topological polar surface area (TPSA) is 35.2 Å². The zero-order valence-electron chi connectivity index (χ0n) is 8.50. The van der Waals surface area contributed by atoms with Gasteiger partial charge in [-0.15, -0.1) is 11.3 Å². The van der Waals surface area contributed by atoms with Crippen LogP contribution in [0.4, 0.5) is 0 Å². The van der Waals surface area contributed by atoms with Gasteiger partial charge in [-0.05, 0) is 41.2 Å². The van der Waals surface area contributed by atoms with E-state index in [0.29, 0.717) is 6.61 Å². The number of nitrogens with two attached hydrogens (primary N) is 1. The van der Waals surface area contributed by atoms with Crippen LogP contribution in [0, 0.1) is 0 Å². The summed E-state index contributed by atoms with van der Waals surface area (Å²) in [6, 6.07) is 2.14. The molecule has 1 heterocycles. The van der Waals surface area contributed by atoms with Gasteiger partial charge in [0.1, 0.15) is 0 Å². The van der Waals surface area contributed by atoms with E-state index in [9.17, 15) is 0 Å². The molecule has 0 aromatic carbocycles. The van der Waals surface area contributed by atoms with Crippen LogP contribution in [-0.4, -0.2) is 18.8 Å². The summed E-state index contributed by atoms with van der Waals surface area (Å²) in [5, 5.41) is 2.06. The van der Waals surface area contributed by atoms with E-state index in [1.54, 1.807) is 11.3 Å². The van der Waals surface area contributed by atoms with E-state index in [4.69, 9.17) is 10.5 Å². The van der Waals surface area contributed by atoms with Gasteiger partial charge in [-0.25, -0.2) is 0 Å². The Hall–Kier alpha value is 0.100. The van der Waals surface area contributed by atoms with Crippen LogP contribution in [0.25, 0.3) is 0 Å². The lowest BCUT2D eigenvalue weighted by molar-refractivity contribution is 0.0685. The third-order valence-corrected chi connectivity index (χ3v) is 3.73. The summed E-state index contributed by atoms with van der Waals surface area (Å²) in [7, 11) is 0. The minimum Gasteiger partial charge on any atom is -0.377 e. The highest BCUT2D eigenvalue weighted by molar-refractivity contribution is 9.10. The average molecular weight is 278 g/mol. The lowest BCUT2D eigenvalue weighted by Gasteiger charge is -2.13. The Kier molecular flexibility index (Phi) is 5.09. The number of ether oxygens (including phenoxy) is 1. The van der Waals surface area contributed by atoms with Crippen LogP contribution in [0.15, 0.2) is 15.9 Å². The van der Waals surface area contributed by atoms with Crippen molar-refractivity contribution in [3.8, 4) is 0 Å². The second kappa shape index (κ2) is 5.85. The molecule has 0 radical (unpaired) electrons. The fourth-order valence-corrected chi connectivity index (χ4v) is 2.69. The molecule has 0 bridgehead atoms. The molecule has 0 saturated carbocycles. The molecule has 0 saturated heterocycles. The highest BCUT2D eigenvalue weighted by atomic mass is 79.9. The van der Waals surface area contributed by atoms with E-state index in [1.165, 1.54) is 4.88 Å². The molecular weight excluding hydrogens is 262 g/mol. The molecular formula is C10H16BrNOS. The first kappa shape index (κ1) is 12.2.